The van der Waals surface area contributed by atoms with Crippen LogP contribution >= 0.6 is 0 Å². The number of carbonyl (C=O) groups excluding carboxylic acids is 1. The van der Waals surface area contributed by atoms with Gasteiger partial charge in [0.15, 0.2) is 0 Å². The van der Waals surface area contributed by atoms with Crippen molar-refractivity contribution in [1.82, 2.24) is 4.98 Å². The van der Waals surface area contributed by atoms with Crippen LogP contribution in [0.1, 0.15) is 18.0 Å². The van der Waals surface area contributed by atoms with E-state index in [-0.39, 0.29) is 23.2 Å². The molecular formula is C21H18N4O2. The SMILES string of the molecule is O=C(Nc1ccc[nH]c1=O)C1=NN(c2ccccc2)[C@@H](c2ccccc2)C1. The largest absolute Gasteiger partial charge is 0.327 e. The predicted molar refractivity (Wildman–Crippen MR) is 106 cm³/mol. The zero-order chi connectivity index (χ0) is 18.6. The summed E-state index contributed by atoms with van der Waals surface area (Å²) in [5.41, 5.74) is 2.23. The van der Waals surface area contributed by atoms with Crippen molar-refractivity contribution in [3.05, 3.63) is 94.9 Å². The third-order valence-electron chi connectivity index (χ3n) is 4.44. The van der Waals surface area contributed by atoms with Crippen LogP contribution in [0.3, 0.4) is 0 Å². The molecule has 27 heavy (non-hydrogen) atoms. The van der Waals surface area contributed by atoms with Crippen molar-refractivity contribution in [2.24, 2.45) is 5.10 Å². The molecule has 134 valence electrons. The van der Waals surface area contributed by atoms with Crippen molar-refractivity contribution < 1.29 is 4.79 Å². The highest BCUT2D eigenvalue weighted by Gasteiger charge is 2.32. The molecule has 1 aromatic heterocycles. The molecule has 2 N–H and O–H groups in total. The number of anilines is 2. The number of H-pyrrole nitrogens is 1. The van der Waals surface area contributed by atoms with Gasteiger partial charge < -0.3 is 10.3 Å². The van der Waals surface area contributed by atoms with Crippen LogP contribution in [0.25, 0.3) is 0 Å². The number of hydrazone groups is 1. The Morgan fingerprint density at radius 1 is 1.00 bits per heavy atom. The van der Waals surface area contributed by atoms with Gasteiger partial charge in [0.05, 0.1) is 11.7 Å². The molecular weight excluding hydrogens is 340 g/mol. The van der Waals surface area contributed by atoms with Crippen LogP contribution in [0.4, 0.5) is 11.4 Å². The highest BCUT2D eigenvalue weighted by molar-refractivity contribution is 6.43. The molecule has 2 aromatic carbocycles. The van der Waals surface area contributed by atoms with Crippen LogP contribution in [0, 0.1) is 0 Å². The maximum Gasteiger partial charge on any atom is 0.272 e. The summed E-state index contributed by atoms with van der Waals surface area (Å²) in [5, 5.41) is 9.08. The highest BCUT2D eigenvalue weighted by Crippen LogP contribution is 2.35. The minimum absolute atomic E-state index is 0.0802. The van der Waals surface area contributed by atoms with E-state index in [0.29, 0.717) is 12.1 Å². The Morgan fingerprint density at radius 2 is 1.70 bits per heavy atom. The van der Waals surface area contributed by atoms with Crippen molar-refractivity contribution in [1.29, 1.82) is 0 Å². The highest BCUT2D eigenvalue weighted by atomic mass is 16.2. The fraction of sp³-hybridized carbons (Fsp3) is 0.0952. The van der Waals surface area contributed by atoms with E-state index in [4.69, 9.17) is 0 Å². The Morgan fingerprint density at radius 3 is 2.41 bits per heavy atom. The zero-order valence-corrected chi connectivity index (χ0v) is 14.5. The van der Waals surface area contributed by atoms with Crippen LogP contribution in [-0.4, -0.2) is 16.6 Å². The first-order valence-corrected chi connectivity index (χ1v) is 8.68. The third kappa shape index (κ3) is 3.50. The number of hydrogen-bond acceptors (Lipinski definition) is 4. The Kier molecular flexibility index (Phi) is 4.53. The van der Waals surface area contributed by atoms with E-state index in [1.165, 1.54) is 6.20 Å². The number of nitrogens with one attached hydrogen (secondary N) is 2. The molecule has 3 aromatic rings. The van der Waals surface area contributed by atoms with Crippen LogP contribution < -0.4 is 15.9 Å². The summed E-state index contributed by atoms with van der Waals surface area (Å²) in [6, 6.07) is 22.8. The van der Waals surface area contributed by atoms with Crippen molar-refractivity contribution in [2.45, 2.75) is 12.5 Å². The van der Waals surface area contributed by atoms with Crippen molar-refractivity contribution >= 4 is 23.0 Å². The van der Waals surface area contributed by atoms with E-state index in [9.17, 15) is 9.59 Å². The maximum absolute atomic E-state index is 12.7. The van der Waals surface area contributed by atoms with Gasteiger partial charge in [-0.25, -0.2) is 0 Å². The molecule has 1 atom stereocenters. The minimum atomic E-state index is -0.369. The number of para-hydroxylation sites is 1. The van der Waals surface area contributed by atoms with E-state index in [1.807, 2.05) is 65.7 Å². The minimum Gasteiger partial charge on any atom is -0.327 e. The Balaban J connectivity index is 1.64. The van der Waals surface area contributed by atoms with Crippen molar-refractivity contribution in [3.63, 3.8) is 0 Å². The van der Waals surface area contributed by atoms with Gasteiger partial charge in [-0.2, -0.15) is 5.10 Å². The average Bonchev–Trinajstić information content (AvgIpc) is 3.17. The molecule has 1 aliphatic heterocycles. The molecule has 0 unspecified atom stereocenters. The summed E-state index contributed by atoms with van der Waals surface area (Å²) in [7, 11) is 0. The first-order chi connectivity index (χ1) is 13.2. The Labute approximate surface area is 156 Å². The van der Waals surface area contributed by atoms with Crippen molar-refractivity contribution in [3.8, 4) is 0 Å². The number of hydrogen-bond donors (Lipinski definition) is 2. The average molecular weight is 358 g/mol. The quantitative estimate of drug-likeness (QED) is 0.751. The van der Waals surface area contributed by atoms with Gasteiger partial charge in [0, 0.05) is 12.6 Å². The summed E-state index contributed by atoms with van der Waals surface area (Å²) in [6.45, 7) is 0. The van der Waals surface area contributed by atoms with Gasteiger partial charge >= 0.3 is 0 Å². The van der Waals surface area contributed by atoms with Gasteiger partial charge in [-0.05, 0) is 29.8 Å². The van der Waals surface area contributed by atoms with Crippen LogP contribution in [-0.2, 0) is 4.79 Å². The van der Waals surface area contributed by atoms with Gasteiger partial charge in [0.25, 0.3) is 11.5 Å². The van der Waals surface area contributed by atoms with Gasteiger partial charge in [0.2, 0.25) is 0 Å². The molecule has 6 heteroatoms. The van der Waals surface area contributed by atoms with E-state index in [1.54, 1.807) is 12.1 Å². The molecule has 0 spiro atoms. The summed E-state index contributed by atoms with van der Waals surface area (Å²) in [5.74, 6) is -0.369. The first kappa shape index (κ1) is 16.8. The monoisotopic (exact) mass is 358 g/mol. The topological polar surface area (TPSA) is 77.6 Å². The number of benzene rings is 2. The van der Waals surface area contributed by atoms with Gasteiger partial charge in [-0.1, -0.05) is 48.5 Å². The lowest BCUT2D eigenvalue weighted by Gasteiger charge is -2.23. The molecule has 0 fully saturated rings. The van der Waals surface area contributed by atoms with Crippen molar-refractivity contribution in [2.75, 3.05) is 10.3 Å². The zero-order valence-electron chi connectivity index (χ0n) is 14.5. The molecule has 0 saturated carbocycles. The summed E-state index contributed by atoms with van der Waals surface area (Å²) >= 11 is 0. The maximum atomic E-state index is 12.7. The second-order valence-electron chi connectivity index (χ2n) is 6.22. The van der Waals surface area contributed by atoms with Crippen LogP contribution in [0.2, 0.25) is 0 Å². The van der Waals surface area contributed by atoms with E-state index in [2.05, 4.69) is 15.4 Å². The standard InChI is InChI=1S/C21H18N4O2/c26-20-17(12-7-13-22-20)23-21(27)18-14-19(15-8-3-1-4-9-15)25(24-18)16-10-5-2-6-11-16/h1-13,19H,14H2,(H,22,26)(H,23,27)/t19-/m1/s1. The number of nitrogens with zero attached hydrogens (tertiary/aromatic N) is 2. The molecule has 6 nitrogen and oxygen atoms in total. The molecule has 1 aliphatic rings. The number of rotatable bonds is 4. The third-order valence-corrected chi connectivity index (χ3v) is 4.44. The Bertz CT molecular complexity index is 1030. The second kappa shape index (κ2) is 7.29. The molecule has 0 radical (unpaired) electrons. The molecule has 2 heterocycles. The van der Waals surface area contributed by atoms with Crippen LogP contribution in [0.15, 0.2) is 88.9 Å². The lowest BCUT2D eigenvalue weighted by atomic mass is 10.0. The lowest BCUT2D eigenvalue weighted by Crippen LogP contribution is -2.25. The number of aromatic nitrogens is 1. The summed E-state index contributed by atoms with van der Waals surface area (Å²) in [6.07, 6.45) is 1.98. The van der Waals surface area contributed by atoms with E-state index < -0.39 is 0 Å². The van der Waals surface area contributed by atoms with Crippen LogP contribution in [0.5, 0.6) is 0 Å². The lowest BCUT2D eigenvalue weighted by molar-refractivity contribution is -0.110. The van der Waals surface area contributed by atoms with Gasteiger partial charge in [-0.15, -0.1) is 0 Å². The first-order valence-electron chi connectivity index (χ1n) is 8.68. The summed E-state index contributed by atoms with van der Waals surface area (Å²) in [4.78, 5) is 27.1. The van der Waals surface area contributed by atoms with Gasteiger partial charge in [-0.3, -0.25) is 14.6 Å². The normalized spacial score (nSPS) is 16.1. The smallest absolute Gasteiger partial charge is 0.272 e. The molecule has 4 rings (SSSR count). The number of amides is 1. The van der Waals surface area contributed by atoms with Gasteiger partial charge in [0.1, 0.15) is 11.4 Å². The fourth-order valence-electron chi connectivity index (χ4n) is 3.12. The molecule has 0 bridgehead atoms. The second-order valence-corrected chi connectivity index (χ2v) is 6.22. The number of carbonyl (C=O) groups is 1. The molecule has 0 saturated heterocycles. The number of aromatic amines is 1. The molecule has 1 amide bonds. The fourth-order valence-corrected chi connectivity index (χ4v) is 3.12. The van der Waals surface area contributed by atoms with E-state index in [0.717, 1.165) is 11.3 Å². The van der Waals surface area contributed by atoms with E-state index >= 15 is 0 Å². The molecule has 0 aliphatic carbocycles. The summed E-state index contributed by atoms with van der Waals surface area (Å²) < 4.78 is 0. The Hall–Kier alpha value is -3.67. The predicted octanol–water partition coefficient (Wildman–Crippen LogP) is 3.32. The number of pyridine rings is 1.